The molecule has 0 aliphatic carbocycles. The number of phenolic OH excluding ortho intramolecular Hbond substituents is 1. The highest BCUT2D eigenvalue weighted by Gasteiger charge is 2.39. The number of amides is 1. The number of hydrogen-bond acceptors (Lipinski definition) is 4. The number of aryl methyl sites for hydroxylation is 1. The molecule has 42 heavy (non-hydrogen) atoms. The fraction of sp³-hybridized carbons (Fsp3) is 0.310. The van der Waals surface area contributed by atoms with Crippen LogP contribution in [0.4, 0.5) is 26.3 Å². The maximum Gasteiger partial charge on any atom is 0.416 e. The van der Waals surface area contributed by atoms with Crippen LogP contribution in [0.2, 0.25) is 0 Å². The van der Waals surface area contributed by atoms with E-state index in [2.05, 4.69) is 4.98 Å². The summed E-state index contributed by atoms with van der Waals surface area (Å²) in [4.78, 5) is 20.9. The molecule has 0 unspecified atom stereocenters. The van der Waals surface area contributed by atoms with E-state index >= 15 is 0 Å². The molecule has 1 saturated heterocycles. The van der Waals surface area contributed by atoms with E-state index in [0.29, 0.717) is 42.9 Å². The highest BCUT2D eigenvalue weighted by Crippen LogP contribution is 2.37. The average Bonchev–Trinajstić information content (AvgIpc) is 2.90. The van der Waals surface area contributed by atoms with Crippen molar-refractivity contribution in [2.75, 3.05) is 26.2 Å². The van der Waals surface area contributed by atoms with Crippen molar-refractivity contribution in [3.05, 3.63) is 100 Å². The number of alkyl halides is 6. The quantitative estimate of drug-likeness (QED) is 0.295. The zero-order chi connectivity index (χ0) is 29.1. The van der Waals surface area contributed by atoms with Crippen LogP contribution in [-0.2, 0) is 18.8 Å². The predicted octanol–water partition coefficient (Wildman–Crippen LogP) is 7.06. The molecular weight excluding hydrogens is 607 g/mol. The molecule has 1 amide bonds. The van der Waals surface area contributed by atoms with Crippen molar-refractivity contribution < 1.29 is 36.2 Å². The molecule has 0 bridgehead atoms. The lowest BCUT2D eigenvalue weighted by atomic mass is 9.98. The van der Waals surface area contributed by atoms with Gasteiger partial charge in [0.05, 0.1) is 11.1 Å². The van der Waals surface area contributed by atoms with Gasteiger partial charge in [-0.05, 0) is 60.4 Å². The molecule has 4 rings (SSSR count). The van der Waals surface area contributed by atoms with Gasteiger partial charge in [0.2, 0.25) is 0 Å². The third-order valence-corrected chi connectivity index (χ3v) is 6.77. The molecule has 0 saturated carbocycles. The summed E-state index contributed by atoms with van der Waals surface area (Å²) in [5, 5.41) is 10.2. The van der Waals surface area contributed by atoms with Gasteiger partial charge in [-0.2, -0.15) is 26.3 Å². The van der Waals surface area contributed by atoms with Crippen LogP contribution < -0.4 is 0 Å². The summed E-state index contributed by atoms with van der Waals surface area (Å²) < 4.78 is 80.6. The molecule has 2 aromatic carbocycles. The van der Waals surface area contributed by atoms with Crippen LogP contribution in [0.3, 0.4) is 0 Å². The van der Waals surface area contributed by atoms with Gasteiger partial charge in [-0.1, -0.05) is 30.4 Å². The Kier molecular flexibility index (Phi) is 11.9. The normalized spacial score (nSPS) is 16.2. The fourth-order valence-corrected chi connectivity index (χ4v) is 4.64. The molecule has 2 heterocycles. The Bertz CT molecular complexity index is 1350. The Balaban J connectivity index is 0.00000308. The summed E-state index contributed by atoms with van der Waals surface area (Å²) in [5.74, 6) is -0.862. The monoisotopic (exact) mass is 635 g/mol. The molecule has 1 aromatic heterocycles. The Hall–Kier alpha value is -3.28. The van der Waals surface area contributed by atoms with Crippen molar-refractivity contribution in [2.45, 2.75) is 31.7 Å². The number of hydrogen-bond donors (Lipinski definition) is 1. The van der Waals surface area contributed by atoms with E-state index in [1.807, 2.05) is 23.1 Å². The first-order valence-corrected chi connectivity index (χ1v) is 12.5. The number of piperazine rings is 1. The van der Waals surface area contributed by atoms with E-state index in [-0.39, 0.29) is 49.6 Å². The van der Waals surface area contributed by atoms with Gasteiger partial charge in [-0.3, -0.25) is 14.7 Å². The summed E-state index contributed by atoms with van der Waals surface area (Å²) in [6.07, 6.45) is -2.71. The van der Waals surface area contributed by atoms with Crippen LogP contribution in [0.5, 0.6) is 5.75 Å². The van der Waals surface area contributed by atoms with Gasteiger partial charge in [0, 0.05) is 50.2 Å². The molecule has 3 aromatic rings. The van der Waals surface area contributed by atoms with Crippen LogP contribution >= 0.6 is 24.8 Å². The molecular formula is C29H29Cl2F6N3O2. The zero-order valence-corrected chi connectivity index (χ0v) is 24.0. The number of pyridine rings is 1. The first-order valence-electron chi connectivity index (χ1n) is 12.5. The van der Waals surface area contributed by atoms with E-state index < -0.39 is 41.0 Å². The zero-order valence-electron chi connectivity index (χ0n) is 22.3. The van der Waals surface area contributed by atoms with Gasteiger partial charge < -0.3 is 10.0 Å². The number of phenols is 1. The van der Waals surface area contributed by atoms with E-state index in [1.54, 1.807) is 43.6 Å². The standard InChI is InChI=1S/C29H27F6N3O2.2ClH/c1-19-6-7-21(13-26(19)39)12-25-18-37(9-3-5-20-4-2-8-36-17-20)10-11-38(25)27(40)22-14-23(28(30,31)32)16-24(15-22)29(33,34)35;;/h2-8,13-17,25,39H,9-12,18H2,1H3;2*1H/t25-;;/m1../s1. The van der Waals surface area contributed by atoms with Gasteiger partial charge in [0.1, 0.15) is 5.75 Å². The van der Waals surface area contributed by atoms with Crippen molar-refractivity contribution >= 4 is 36.8 Å². The van der Waals surface area contributed by atoms with E-state index in [0.717, 1.165) is 5.56 Å². The Labute approximate surface area is 251 Å². The average molecular weight is 636 g/mol. The summed E-state index contributed by atoms with van der Waals surface area (Å²) in [6.45, 7) is 3.01. The highest BCUT2D eigenvalue weighted by atomic mass is 35.5. The molecule has 5 nitrogen and oxygen atoms in total. The molecule has 0 radical (unpaired) electrons. The number of benzene rings is 2. The van der Waals surface area contributed by atoms with E-state index in [1.165, 1.54) is 4.90 Å². The molecule has 1 aliphatic heterocycles. The number of halogens is 8. The van der Waals surface area contributed by atoms with Crippen LogP contribution in [0, 0.1) is 6.92 Å². The summed E-state index contributed by atoms with van der Waals surface area (Å²) in [5.41, 5.74) is -1.53. The van der Waals surface area contributed by atoms with Crippen LogP contribution in [0.15, 0.2) is 67.0 Å². The molecule has 1 N–H and O–H groups in total. The Morgan fingerprint density at radius 2 is 1.67 bits per heavy atom. The van der Waals surface area contributed by atoms with Crippen molar-refractivity contribution in [2.24, 2.45) is 0 Å². The summed E-state index contributed by atoms with van der Waals surface area (Å²) in [7, 11) is 0. The van der Waals surface area contributed by atoms with Crippen molar-refractivity contribution in [1.29, 1.82) is 0 Å². The maximum absolute atomic E-state index is 13.5. The van der Waals surface area contributed by atoms with Crippen molar-refractivity contribution in [3.63, 3.8) is 0 Å². The third kappa shape index (κ3) is 8.86. The fourth-order valence-electron chi connectivity index (χ4n) is 4.64. The van der Waals surface area contributed by atoms with Gasteiger partial charge >= 0.3 is 12.4 Å². The van der Waals surface area contributed by atoms with Gasteiger partial charge in [-0.25, -0.2) is 0 Å². The minimum Gasteiger partial charge on any atom is -0.508 e. The molecule has 1 fully saturated rings. The summed E-state index contributed by atoms with van der Waals surface area (Å²) >= 11 is 0. The second kappa shape index (κ2) is 14.3. The van der Waals surface area contributed by atoms with Crippen molar-refractivity contribution in [3.8, 4) is 5.75 Å². The van der Waals surface area contributed by atoms with Crippen LogP contribution in [-0.4, -0.2) is 58.0 Å². The lowest BCUT2D eigenvalue weighted by molar-refractivity contribution is -0.143. The molecule has 13 heteroatoms. The van der Waals surface area contributed by atoms with Gasteiger partial charge in [-0.15, -0.1) is 24.8 Å². The molecule has 1 aliphatic rings. The third-order valence-electron chi connectivity index (χ3n) is 6.77. The Morgan fingerprint density at radius 3 is 2.24 bits per heavy atom. The maximum atomic E-state index is 13.5. The smallest absolute Gasteiger partial charge is 0.416 e. The number of aromatic nitrogens is 1. The predicted molar refractivity (Wildman–Crippen MR) is 152 cm³/mol. The minimum absolute atomic E-state index is 0. The number of rotatable bonds is 6. The topological polar surface area (TPSA) is 56.7 Å². The number of nitrogens with zero attached hydrogens (tertiary/aromatic N) is 3. The first kappa shape index (κ1) is 34.9. The lowest BCUT2D eigenvalue weighted by Gasteiger charge is -2.41. The Morgan fingerprint density at radius 1 is 1.00 bits per heavy atom. The second-order valence-electron chi connectivity index (χ2n) is 9.72. The van der Waals surface area contributed by atoms with E-state index in [9.17, 15) is 36.2 Å². The molecule has 228 valence electrons. The first-order chi connectivity index (χ1) is 18.8. The summed E-state index contributed by atoms with van der Waals surface area (Å²) in [6, 6.07) is 9.08. The van der Waals surface area contributed by atoms with Gasteiger partial charge in [0.15, 0.2) is 0 Å². The molecule has 1 atom stereocenters. The lowest BCUT2D eigenvalue weighted by Crippen LogP contribution is -2.56. The molecule has 0 spiro atoms. The second-order valence-corrected chi connectivity index (χ2v) is 9.72. The van der Waals surface area contributed by atoms with Crippen LogP contribution in [0.25, 0.3) is 6.08 Å². The number of aromatic hydroxyl groups is 1. The largest absolute Gasteiger partial charge is 0.508 e. The van der Waals surface area contributed by atoms with Crippen LogP contribution in [0.1, 0.15) is 38.2 Å². The van der Waals surface area contributed by atoms with E-state index in [4.69, 9.17) is 0 Å². The highest BCUT2D eigenvalue weighted by molar-refractivity contribution is 5.95. The SMILES string of the molecule is Cc1ccc(C[C@@H]2CN(CC=Cc3cccnc3)CCN2C(=O)c2cc(C(F)(F)F)cc(C(F)(F)F)c2)cc1O.Cl.Cl. The van der Waals surface area contributed by atoms with Gasteiger partial charge in [0.25, 0.3) is 5.91 Å². The number of carbonyl (C=O) groups is 1. The number of carbonyl (C=O) groups excluding carboxylic acids is 1. The van der Waals surface area contributed by atoms with Crippen molar-refractivity contribution in [1.82, 2.24) is 14.8 Å². The minimum atomic E-state index is -5.06.